The summed E-state index contributed by atoms with van der Waals surface area (Å²) >= 11 is 0. The third-order valence-electron chi connectivity index (χ3n) is 3.48. The number of amides is 1. The molecule has 0 N–H and O–H groups in total. The van der Waals surface area contributed by atoms with Crippen molar-refractivity contribution in [1.82, 2.24) is 4.90 Å². The normalized spacial score (nSPS) is 19.8. The molecule has 1 unspecified atom stereocenters. The first-order chi connectivity index (χ1) is 9.71. The zero-order valence-corrected chi connectivity index (χ0v) is 11.2. The Morgan fingerprint density at radius 3 is 2.57 bits per heavy atom. The van der Waals surface area contributed by atoms with E-state index in [0.717, 1.165) is 12.1 Å². The van der Waals surface area contributed by atoms with Crippen molar-refractivity contribution in [3.8, 4) is 0 Å². The number of hydrogen-bond acceptors (Lipinski definition) is 2. The molecule has 1 aliphatic rings. The van der Waals surface area contributed by atoms with Crippen LogP contribution in [0, 0.1) is 5.82 Å². The van der Waals surface area contributed by atoms with Crippen LogP contribution < -0.4 is 0 Å². The smallest absolute Gasteiger partial charge is 0.335 e. The van der Waals surface area contributed by atoms with Crippen LogP contribution in [0.4, 0.5) is 17.6 Å². The highest BCUT2D eigenvalue weighted by Gasteiger charge is 2.37. The average Bonchev–Trinajstić information content (AvgIpc) is 2.37. The van der Waals surface area contributed by atoms with E-state index in [0.29, 0.717) is 6.07 Å². The maximum Gasteiger partial charge on any atom is 0.419 e. The maximum absolute atomic E-state index is 13.9. The van der Waals surface area contributed by atoms with Gasteiger partial charge in [0.1, 0.15) is 11.6 Å². The highest BCUT2D eigenvalue weighted by Crippen LogP contribution is 2.33. The van der Waals surface area contributed by atoms with Gasteiger partial charge in [-0.1, -0.05) is 6.07 Å². The molecule has 1 saturated heterocycles. The fourth-order valence-corrected chi connectivity index (χ4v) is 2.38. The summed E-state index contributed by atoms with van der Waals surface area (Å²) in [6, 6.07) is 2.16. The van der Waals surface area contributed by atoms with Crippen LogP contribution in [0.25, 0.3) is 0 Å². The monoisotopic (exact) mass is 303 g/mol. The first-order valence-corrected chi connectivity index (χ1v) is 6.40. The van der Waals surface area contributed by atoms with E-state index in [4.69, 9.17) is 0 Å². The van der Waals surface area contributed by atoms with Gasteiger partial charge >= 0.3 is 6.18 Å². The van der Waals surface area contributed by atoms with Crippen molar-refractivity contribution in [2.24, 2.45) is 0 Å². The lowest BCUT2D eigenvalue weighted by Crippen LogP contribution is -2.45. The van der Waals surface area contributed by atoms with Gasteiger partial charge < -0.3 is 4.90 Å². The maximum atomic E-state index is 13.9. The van der Waals surface area contributed by atoms with Crippen LogP contribution >= 0.6 is 0 Å². The van der Waals surface area contributed by atoms with Crippen molar-refractivity contribution in [2.75, 3.05) is 6.54 Å². The van der Waals surface area contributed by atoms with Crippen molar-refractivity contribution in [1.29, 1.82) is 0 Å². The van der Waals surface area contributed by atoms with E-state index in [1.165, 1.54) is 4.90 Å². The molecule has 21 heavy (non-hydrogen) atoms. The predicted octanol–water partition coefficient (Wildman–Crippen LogP) is 3.04. The molecule has 1 fully saturated rings. The molecule has 0 aliphatic carbocycles. The largest absolute Gasteiger partial charge is 0.419 e. The van der Waals surface area contributed by atoms with E-state index in [1.54, 1.807) is 6.92 Å². The molecule has 1 aromatic carbocycles. The van der Waals surface area contributed by atoms with Crippen LogP contribution in [0.15, 0.2) is 18.2 Å². The van der Waals surface area contributed by atoms with E-state index in [9.17, 15) is 27.2 Å². The van der Waals surface area contributed by atoms with Gasteiger partial charge in [-0.25, -0.2) is 4.39 Å². The summed E-state index contributed by atoms with van der Waals surface area (Å²) < 4.78 is 51.9. The van der Waals surface area contributed by atoms with Gasteiger partial charge in [-0.15, -0.1) is 0 Å². The number of likely N-dealkylation sites (tertiary alicyclic amines) is 1. The minimum Gasteiger partial charge on any atom is -0.335 e. The lowest BCUT2D eigenvalue weighted by atomic mass is 10.00. The standard InChI is InChI=1S/C14H13F4NO2/c1-8-7-9(20)5-6-19(8)13(21)10-3-2-4-11(12(10)15)14(16,17)18/h2-4,8H,5-7H2,1H3. The topological polar surface area (TPSA) is 37.4 Å². The molecule has 0 spiro atoms. The lowest BCUT2D eigenvalue weighted by Gasteiger charge is -2.33. The Bertz CT molecular complexity index is 583. The van der Waals surface area contributed by atoms with E-state index in [-0.39, 0.29) is 25.2 Å². The second kappa shape index (κ2) is 5.46. The number of piperidine rings is 1. The first kappa shape index (κ1) is 15.5. The summed E-state index contributed by atoms with van der Waals surface area (Å²) in [6.45, 7) is 1.70. The third kappa shape index (κ3) is 3.06. The van der Waals surface area contributed by atoms with Gasteiger partial charge in [-0.2, -0.15) is 13.2 Å². The Morgan fingerprint density at radius 2 is 2.00 bits per heavy atom. The molecule has 114 valence electrons. The molecule has 3 nitrogen and oxygen atoms in total. The molecular formula is C14H13F4NO2. The summed E-state index contributed by atoms with van der Waals surface area (Å²) in [5.74, 6) is -2.41. The van der Waals surface area contributed by atoms with Crippen molar-refractivity contribution >= 4 is 11.7 Å². The average molecular weight is 303 g/mol. The fraction of sp³-hybridized carbons (Fsp3) is 0.429. The van der Waals surface area contributed by atoms with Gasteiger partial charge in [0.25, 0.3) is 5.91 Å². The van der Waals surface area contributed by atoms with Gasteiger partial charge in [0.2, 0.25) is 0 Å². The van der Waals surface area contributed by atoms with Crippen molar-refractivity contribution in [3.63, 3.8) is 0 Å². The number of alkyl halides is 3. The Morgan fingerprint density at radius 1 is 1.33 bits per heavy atom. The van der Waals surface area contributed by atoms with Crippen LogP contribution in [0.5, 0.6) is 0 Å². The molecule has 2 rings (SSSR count). The summed E-state index contributed by atoms with van der Waals surface area (Å²) in [5, 5.41) is 0. The van der Waals surface area contributed by atoms with Crippen molar-refractivity contribution < 1.29 is 27.2 Å². The van der Waals surface area contributed by atoms with Gasteiger partial charge in [0, 0.05) is 25.4 Å². The summed E-state index contributed by atoms with van der Waals surface area (Å²) in [6.07, 6.45) is -4.59. The first-order valence-electron chi connectivity index (χ1n) is 6.40. The van der Waals surface area contributed by atoms with Gasteiger partial charge in [0.15, 0.2) is 0 Å². The highest BCUT2D eigenvalue weighted by atomic mass is 19.4. The predicted molar refractivity (Wildman–Crippen MR) is 66.1 cm³/mol. The molecule has 0 bridgehead atoms. The molecule has 1 aliphatic heterocycles. The number of carbonyl (C=O) groups excluding carboxylic acids is 2. The van der Waals surface area contributed by atoms with Crippen molar-refractivity contribution in [2.45, 2.75) is 32.0 Å². The van der Waals surface area contributed by atoms with E-state index in [2.05, 4.69) is 0 Å². The fourth-order valence-electron chi connectivity index (χ4n) is 2.38. The van der Waals surface area contributed by atoms with Crippen LogP contribution in [0.2, 0.25) is 0 Å². The molecule has 0 saturated carbocycles. The van der Waals surface area contributed by atoms with E-state index in [1.807, 2.05) is 0 Å². The second-order valence-electron chi connectivity index (χ2n) is 5.01. The van der Waals surface area contributed by atoms with Crippen LogP contribution in [-0.4, -0.2) is 29.2 Å². The molecular weight excluding hydrogens is 290 g/mol. The Hall–Kier alpha value is -1.92. The highest BCUT2D eigenvalue weighted by molar-refractivity contribution is 5.96. The Balaban J connectivity index is 2.34. The van der Waals surface area contributed by atoms with Crippen LogP contribution in [0.1, 0.15) is 35.7 Å². The second-order valence-corrected chi connectivity index (χ2v) is 5.01. The zero-order chi connectivity index (χ0) is 15.8. The Kier molecular flexibility index (Phi) is 4.02. The zero-order valence-electron chi connectivity index (χ0n) is 11.2. The number of ketones is 1. The summed E-state index contributed by atoms with van der Waals surface area (Å²) in [7, 11) is 0. The number of halogens is 4. The summed E-state index contributed by atoms with van der Waals surface area (Å²) in [5.41, 5.74) is -2.08. The number of benzene rings is 1. The summed E-state index contributed by atoms with van der Waals surface area (Å²) in [4.78, 5) is 24.7. The number of carbonyl (C=O) groups is 2. The molecule has 1 atom stereocenters. The van der Waals surface area contributed by atoms with Gasteiger partial charge in [0.05, 0.1) is 11.1 Å². The quantitative estimate of drug-likeness (QED) is 0.748. The molecule has 1 aromatic rings. The van der Waals surface area contributed by atoms with Crippen LogP contribution in [-0.2, 0) is 11.0 Å². The number of Topliss-reactive ketones (excluding diaryl/α,β-unsaturated/α-hetero) is 1. The Labute approximate surface area is 118 Å². The minimum absolute atomic E-state index is 0.0175. The molecule has 7 heteroatoms. The molecule has 0 aromatic heterocycles. The van der Waals surface area contributed by atoms with Gasteiger partial charge in [-0.3, -0.25) is 9.59 Å². The van der Waals surface area contributed by atoms with E-state index < -0.39 is 35.1 Å². The van der Waals surface area contributed by atoms with Gasteiger partial charge in [-0.05, 0) is 19.1 Å². The van der Waals surface area contributed by atoms with E-state index >= 15 is 0 Å². The molecule has 1 heterocycles. The molecule has 1 amide bonds. The molecule has 0 radical (unpaired) electrons. The lowest BCUT2D eigenvalue weighted by molar-refractivity contribution is -0.140. The van der Waals surface area contributed by atoms with Crippen LogP contribution in [0.3, 0.4) is 0 Å². The third-order valence-corrected chi connectivity index (χ3v) is 3.48. The number of rotatable bonds is 1. The minimum atomic E-state index is -4.86. The SMILES string of the molecule is CC1CC(=O)CCN1C(=O)c1cccc(C(F)(F)F)c1F. The number of hydrogen-bond donors (Lipinski definition) is 0. The van der Waals surface area contributed by atoms with Crippen molar-refractivity contribution in [3.05, 3.63) is 35.1 Å². The number of nitrogens with zero attached hydrogens (tertiary/aromatic N) is 1.